The summed E-state index contributed by atoms with van der Waals surface area (Å²) in [7, 11) is -2.09. The molecule has 12 heteroatoms. The molecule has 0 unspecified atom stereocenters. The normalized spacial score (nSPS) is 12.7. The third-order valence-corrected chi connectivity index (χ3v) is 6.08. The van der Waals surface area contributed by atoms with Crippen molar-refractivity contribution in [3.05, 3.63) is 47.4 Å². The summed E-state index contributed by atoms with van der Waals surface area (Å²) >= 11 is 0. The molecule has 1 amide bonds. The Balaban J connectivity index is 1.96. The summed E-state index contributed by atoms with van der Waals surface area (Å²) in [6.45, 7) is 3.54. The lowest BCUT2D eigenvalue weighted by atomic mass is 10.2. The summed E-state index contributed by atoms with van der Waals surface area (Å²) in [5.41, 5.74) is 0.453. The van der Waals surface area contributed by atoms with Crippen molar-refractivity contribution >= 4 is 33.0 Å². The van der Waals surface area contributed by atoms with Gasteiger partial charge < -0.3 is 0 Å². The first-order chi connectivity index (χ1) is 14.9. The second-order valence-electron chi connectivity index (χ2n) is 7.24. The maximum atomic E-state index is 13.0. The van der Waals surface area contributed by atoms with E-state index in [0.717, 1.165) is 18.3 Å². The average molecular weight is 469 g/mol. The zero-order valence-electron chi connectivity index (χ0n) is 17.6. The molecular weight excluding hydrogens is 447 g/mol. The van der Waals surface area contributed by atoms with Gasteiger partial charge in [0, 0.05) is 36.5 Å². The molecule has 0 bridgehead atoms. The van der Waals surface area contributed by atoms with E-state index in [9.17, 15) is 26.4 Å². The third-order valence-electron chi connectivity index (χ3n) is 4.74. The Bertz CT molecular complexity index is 1290. The van der Waals surface area contributed by atoms with Crippen LogP contribution in [0.15, 0.2) is 30.6 Å². The van der Waals surface area contributed by atoms with Crippen LogP contribution in [0.25, 0.3) is 22.9 Å². The smallest absolute Gasteiger partial charge is 0.285 e. The fraction of sp³-hybridized carbons (Fsp3) is 0.350. The van der Waals surface area contributed by atoms with Gasteiger partial charge in [0.25, 0.3) is 5.91 Å². The van der Waals surface area contributed by atoms with Gasteiger partial charge in [-0.2, -0.15) is 18.3 Å². The van der Waals surface area contributed by atoms with Gasteiger partial charge in [0.15, 0.2) is 0 Å². The summed E-state index contributed by atoms with van der Waals surface area (Å²) in [6, 6.07) is 2.51. The highest BCUT2D eigenvalue weighted by Gasteiger charge is 2.31. The highest BCUT2D eigenvalue weighted by molar-refractivity contribution is 7.90. The van der Waals surface area contributed by atoms with Gasteiger partial charge in [-0.15, -0.1) is 0 Å². The van der Waals surface area contributed by atoms with E-state index in [4.69, 9.17) is 0 Å². The minimum atomic E-state index is -4.51. The minimum Gasteiger partial charge on any atom is -0.285 e. The summed E-state index contributed by atoms with van der Waals surface area (Å²) in [5, 5.41) is 4.60. The lowest BCUT2D eigenvalue weighted by Crippen LogP contribution is -2.31. The predicted octanol–water partition coefficient (Wildman–Crippen LogP) is 3.35. The van der Waals surface area contributed by atoms with Crippen LogP contribution < -0.4 is 4.72 Å². The SMILES string of the molecule is CCCCS(=O)(=O)NC(=O)C=Cc1c(C)nn(C)c1-n1ccc2cc(C(F)(F)F)cnc21. The van der Waals surface area contributed by atoms with Crippen molar-refractivity contribution in [2.24, 2.45) is 7.05 Å². The Morgan fingerprint density at radius 3 is 2.69 bits per heavy atom. The molecule has 3 aromatic rings. The number of hydrogen-bond acceptors (Lipinski definition) is 5. The van der Waals surface area contributed by atoms with Crippen LogP contribution in [0.3, 0.4) is 0 Å². The number of unbranched alkanes of at least 4 members (excludes halogenated alkanes) is 1. The monoisotopic (exact) mass is 469 g/mol. The lowest BCUT2D eigenvalue weighted by molar-refractivity contribution is -0.137. The average Bonchev–Trinajstić information content (AvgIpc) is 3.22. The van der Waals surface area contributed by atoms with Crippen LogP contribution in [0.1, 0.15) is 36.6 Å². The molecule has 172 valence electrons. The Morgan fingerprint density at radius 2 is 2.03 bits per heavy atom. The number of aromatic nitrogens is 4. The number of hydrogen-bond donors (Lipinski definition) is 1. The number of carbonyl (C=O) groups excluding carboxylic acids is 1. The number of aryl methyl sites for hydroxylation is 2. The number of sulfonamides is 1. The van der Waals surface area contributed by atoms with Crippen LogP contribution in [0, 0.1) is 6.92 Å². The molecule has 0 fully saturated rings. The second-order valence-corrected chi connectivity index (χ2v) is 9.08. The lowest BCUT2D eigenvalue weighted by Gasteiger charge is -2.09. The third kappa shape index (κ3) is 5.01. The molecule has 0 spiro atoms. The highest BCUT2D eigenvalue weighted by Crippen LogP contribution is 2.32. The zero-order valence-corrected chi connectivity index (χ0v) is 18.5. The zero-order chi connectivity index (χ0) is 23.7. The van der Waals surface area contributed by atoms with E-state index in [2.05, 4.69) is 10.1 Å². The highest BCUT2D eigenvalue weighted by atomic mass is 32.2. The van der Waals surface area contributed by atoms with Crippen molar-refractivity contribution in [1.82, 2.24) is 24.1 Å². The molecule has 0 aliphatic rings. The number of nitrogens with zero attached hydrogens (tertiary/aromatic N) is 4. The number of nitrogens with one attached hydrogen (secondary N) is 1. The van der Waals surface area contributed by atoms with Crippen LogP contribution in [-0.2, 0) is 28.0 Å². The van der Waals surface area contributed by atoms with E-state index in [1.807, 2.05) is 11.6 Å². The Hall–Kier alpha value is -3.15. The first-order valence-corrected chi connectivity index (χ1v) is 11.4. The van der Waals surface area contributed by atoms with E-state index in [-0.39, 0.29) is 16.8 Å². The quantitative estimate of drug-likeness (QED) is 0.535. The molecule has 1 N–H and O–H groups in total. The van der Waals surface area contributed by atoms with Gasteiger partial charge in [-0.25, -0.2) is 18.1 Å². The summed E-state index contributed by atoms with van der Waals surface area (Å²) in [5.74, 6) is -0.496. The van der Waals surface area contributed by atoms with Gasteiger partial charge in [0.05, 0.1) is 17.0 Å². The maximum absolute atomic E-state index is 13.0. The number of rotatable bonds is 7. The van der Waals surface area contributed by atoms with Crippen molar-refractivity contribution < 1.29 is 26.4 Å². The number of carbonyl (C=O) groups is 1. The number of halogens is 3. The molecule has 3 heterocycles. The molecule has 0 aromatic carbocycles. The van der Waals surface area contributed by atoms with Crippen LogP contribution in [0.4, 0.5) is 13.2 Å². The molecule has 0 saturated heterocycles. The van der Waals surface area contributed by atoms with Crippen molar-refractivity contribution in [3.8, 4) is 5.82 Å². The molecule has 0 atom stereocenters. The van der Waals surface area contributed by atoms with Gasteiger partial charge in [0.1, 0.15) is 11.5 Å². The molecule has 3 aromatic heterocycles. The van der Waals surface area contributed by atoms with E-state index in [0.29, 0.717) is 29.9 Å². The standard InChI is InChI=1S/C20H22F3N5O3S/c1-4-5-10-32(30,31)26-17(29)7-6-16-13(2)25-27(3)19(16)28-9-8-14-11-15(20(21,22)23)12-24-18(14)28/h6-9,11-12H,4-5,10H2,1-3H3,(H,26,29). The van der Waals surface area contributed by atoms with Gasteiger partial charge in [-0.3, -0.25) is 14.0 Å². The minimum absolute atomic E-state index is 0.152. The molecule has 0 aliphatic heterocycles. The summed E-state index contributed by atoms with van der Waals surface area (Å²) in [4.78, 5) is 16.1. The van der Waals surface area contributed by atoms with Crippen molar-refractivity contribution in [3.63, 3.8) is 0 Å². The molecule has 32 heavy (non-hydrogen) atoms. The van der Waals surface area contributed by atoms with E-state index >= 15 is 0 Å². The molecule has 8 nitrogen and oxygen atoms in total. The number of pyridine rings is 1. The number of fused-ring (bicyclic) bond motifs is 1. The van der Waals surface area contributed by atoms with E-state index < -0.39 is 27.7 Å². The second kappa shape index (κ2) is 8.77. The Labute approximate surface area is 182 Å². The molecule has 0 aliphatic carbocycles. The first-order valence-electron chi connectivity index (χ1n) is 9.73. The van der Waals surface area contributed by atoms with Crippen LogP contribution in [-0.4, -0.2) is 39.4 Å². The van der Waals surface area contributed by atoms with Crippen LogP contribution in [0.5, 0.6) is 0 Å². The van der Waals surface area contributed by atoms with Gasteiger partial charge in [0.2, 0.25) is 10.0 Å². The molecule has 0 saturated carbocycles. The van der Waals surface area contributed by atoms with Crippen LogP contribution in [0.2, 0.25) is 0 Å². The van der Waals surface area contributed by atoms with Crippen molar-refractivity contribution in [2.45, 2.75) is 32.9 Å². The fourth-order valence-corrected chi connectivity index (χ4v) is 4.37. The number of amides is 1. The predicted molar refractivity (Wildman–Crippen MR) is 113 cm³/mol. The Morgan fingerprint density at radius 1 is 1.31 bits per heavy atom. The number of alkyl halides is 3. The Kier molecular flexibility index (Phi) is 6.44. The first kappa shape index (κ1) is 23.5. The van der Waals surface area contributed by atoms with E-state index in [1.54, 1.807) is 24.7 Å². The molecular formula is C20H22F3N5O3S. The topological polar surface area (TPSA) is 98.9 Å². The fourth-order valence-electron chi connectivity index (χ4n) is 3.22. The largest absolute Gasteiger partial charge is 0.417 e. The maximum Gasteiger partial charge on any atom is 0.417 e. The van der Waals surface area contributed by atoms with E-state index in [1.165, 1.54) is 16.8 Å². The van der Waals surface area contributed by atoms with Crippen molar-refractivity contribution in [1.29, 1.82) is 0 Å². The summed E-state index contributed by atoms with van der Waals surface area (Å²) < 4.78 is 67.8. The van der Waals surface area contributed by atoms with Crippen molar-refractivity contribution in [2.75, 3.05) is 5.75 Å². The van der Waals surface area contributed by atoms with Crippen LogP contribution >= 0.6 is 0 Å². The van der Waals surface area contributed by atoms with Gasteiger partial charge >= 0.3 is 6.18 Å². The molecule has 0 radical (unpaired) electrons. The summed E-state index contributed by atoms with van der Waals surface area (Å²) in [6.07, 6.45) is 1.41. The molecule has 3 rings (SSSR count). The van der Waals surface area contributed by atoms with Gasteiger partial charge in [-0.05, 0) is 31.6 Å². The van der Waals surface area contributed by atoms with Gasteiger partial charge in [-0.1, -0.05) is 13.3 Å².